The van der Waals surface area contributed by atoms with Crippen LogP contribution in [-0.4, -0.2) is 47.1 Å². The first kappa shape index (κ1) is 13.0. The van der Waals surface area contributed by atoms with Crippen molar-refractivity contribution >= 4 is 11.9 Å². The number of amides is 1. The number of rotatable bonds is 3. The average molecular weight is 228 g/mol. The van der Waals surface area contributed by atoms with Crippen LogP contribution in [0.2, 0.25) is 0 Å². The second-order valence-electron chi connectivity index (χ2n) is 4.90. The van der Waals surface area contributed by atoms with E-state index in [1.165, 1.54) is 4.90 Å². The van der Waals surface area contributed by atoms with Gasteiger partial charge in [-0.3, -0.25) is 4.79 Å². The fourth-order valence-corrected chi connectivity index (χ4v) is 1.86. The lowest BCUT2D eigenvalue weighted by molar-refractivity contribution is -0.157. The third-order valence-electron chi connectivity index (χ3n) is 3.53. The molecule has 16 heavy (non-hydrogen) atoms. The molecule has 1 fully saturated rings. The molecule has 0 spiro atoms. The Hall–Kier alpha value is -1.10. The molecule has 2 atom stereocenters. The van der Waals surface area contributed by atoms with Crippen molar-refractivity contribution in [3.05, 3.63) is 0 Å². The minimum Gasteiger partial charge on any atom is -0.480 e. The van der Waals surface area contributed by atoms with Crippen LogP contribution in [0.4, 0.5) is 0 Å². The topological polar surface area (TPSA) is 69.6 Å². The Kier molecular flexibility index (Phi) is 3.57. The highest BCUT2D eigenvalue weighted by Crippen LogP contribution is 2.22. The Morgan fingerprint density at radius 2 is 2.00 bits per heavy atom. The molecule has 2 unspecified atom stereocenters. The Balaban J connectivity index is 2.78. The molecule has 0 aromatic rings. The highest BCUT2D eigenvalue weighted by molar-refractivity contribution is 5.87. The fourth-order valence-electron chi connectivity index (χ4n) is 1.86. The van der Waals surface area contributed by atoms with E-state index >= 15 is 0 Å². The summed E-state index contributed by atoms with van der Waals surface area (Å²) in [5, 5.41) is 12.3. The molecule has 5 nitrogen and oxygen atoms in total. The third-order valence-corrected chi connectivity index (χ3v) is 3.53. The van der Waals surface area contributed by atoms with Crippen molar-refractivity contribution in [2.75, 3.05) is 13.6 Å². The van der Waals surface area contributed by atoms with Gasteiger partial charge in [0.15, 0.2) is 0 Å². The molecule has 2 N–H and O–H groups in total. The van der Waals surface area contributed by atoms with Crippen molar-refractivity contribution < 1.29 is 14.7 Å². The van der Waals surface area contributed by atoms with E-state index in [0.29, 0.717) is 0 Å². The van der Waals surface area contributed by atoms with Crippen molar-refractivity contribution in [1.82, 2.24) is 10.2 Å². The molecule has 5 heteroatoms. The summed E-state index contributed by atoms with van der Waals surface area (Å²) in [6.07, 6.45) is 0.778. The van der Waals surface area contributed by atoms with Crippen molar-refractivity contribution in [2.45, 2.75) is 38.8 Å². The van der Waals surface area contributed by atoms with Gasteiger partial charge in [0.05, 0.1) is 5.92 Å². The summed E-state index contributed by atoms with van der Waals surface area (Å²) in [6.45, 7) is 5.86. The molecule has 0 aromatic heterocycles. The number of carboxylic acids is 1. The van der Waals surface area contributed by atoms with Gasteiger partial charge in [-0.15, -0.1) is 0 Å². The number of hydrogen-bond acceptors (Lipinski definition) is 3. The minimum absolute atomic E-state index is 0.0927. The van der Waals surface area contributed by atoms with Gasteiger partial charge in [0.2, 0.25) is 5.91 Å². The molecule has 0 bridgehead atoms. The largest absolute Gasteiger partial charge is 0.480 e. The first-order chi connectivity index (χ1) is 7.28. The lowest BCUT2D eigenvalue weighted by Gasteiger charge is -2.34. The quantitative estimate of drug-likeness (QED) is 0.729. The smallest absolute Gasteiger partial charge is 0.329 e. The van der Waals surface area contributed by atoms with Crippen LogP contribution in [0, 0.1) is 5.92 Å². The molecule has 1 saturated heterocycles. The molecule has 1 aliphatic heterocycles. The summed E-state index contributed by atoms with van der Waals surface area (Å²) in [4.78, 5) is 24.5. The molecule has 0 aliphatic carbocycles. The Labute approximate surface area is 95.8 Å². The highest BCUT2D eigenvalue weighted by Gasteiger charge is 2.40. The van der Waals surface area contributed by atoms with E-state index in [9.17, 15) is 9.59 Å². The lowest BCUT2D eigenvalue weighted by Crippen LogP contribution is -2.53. The Morgan fingerprint density at radius 3 is 2.38 bits per heavy atom. The maximum atomic E-state index is 12.1. The molecule has 1 rings (SSSR count). The van der Waals surface area contributed by atoms with Gasteiger partial charge in [-0.1, -0.05) is 0 Å². The molecule has 0 aromatic carbocycles. The summed E-state index contributed by atoms with van der Waals surface area (Å²) < 4.78 is 0. The lowest BCUT2D eigenvalue weighted by atomic mass is 9.96. The molecule has 1 amide bonds. The van der Waals surface area contributed by atoms with Gasteiger partial charge in [0, 0.05) is 13.1 Å². The van der Waals surface area contributed by atoms with Gasteiger partial charge in [-0.05, 0) is 33.7 Å². The zero-order chi connectivity index (χ0) is 12.5. The van der Waals surface area contributed by atoms with Gasteiger partial charge in [-0.2, -0.15) is 0 Å². The Bertz CT molecular complexity index is 302. The number of carbonyl (C=O) groups excluding carboxylic acids is 1. The summed E-state index contributed by atoms with van der Waals surface area (Å²) in [5.74, 6) is -1.18. The van der Waals surface area contributed by atoms with Crippen LogP contribution < -0.4 is 5.32 Å². The zero-order valence-corrected chi connectivity index (χ0v) is 10.3. The highest BCUT2D eigenvalue weighted by atomic mass is 16.4. The van der Waals surface area contributed by atoms with Crippen LogP contribution in [0.3, 0.4) is 0 Å². The first-order valence-corrected chi connectivity index (χ1v) is 5.53. The van der Waals surface area contributed by atoms with Crippen LogP contribution in [0.15, 0.2) is 0 Å². The summed E-state index contributed by atoms with van der Waals surface area (Å²) in [7, 11) is 1.56. The van der Waals surface area contributed by atoms with Gasteiger partial charge in [0.25, 0.3) is 0 Å². The van der Waals surface area contributed by atoms with Crippen LogP contribution in [0.5, 0.6) is 0 Å². The maximum Gasteiger partial charge on any atom is 0.329 e. The molecular formula is C11H20N2O3. The Morgan fingerprint density at radius 1 is 1.44 bits per heavy atom. The van der Waals surface area contributed by atoms with E-state index in [0.717, 1.165) is 13.0 Å². The van der Waals surface area contributed by atoms with Crippen molar-refractivity contribution in [1.29, 1.82) is 0 Å². The third kappa shape index (κ3) is 2.19. The van der Waals surface area contributed by atoms with Crippen LogP contribution >= 0.6 is 0 Å². The molecule has 1 heterocycles. The number of carbonyl (C=O) groups is 2. The van der Waals surface area contributed by atoms with Crippen molar-refractivity contribution in [2.24, 2.45) is 5.92 Å². The molecule has 0 radical (unpaired) electrons. The SMILES string of the molecule is CC1NCCC1C(=O)N(C)C(C)(C)C(=O)O. The predicted octanol–water partition coefficient (Wildman–Crippen LogP) is 0.306. The second kappa shape index (κ2) is 4.41. The summed E-state index contributed by atoms with van der Waals surface area (Å²) in [6, 6.07) is 0.125. The summed E-state index contributed by atoms with van der Waals surface area (Å²) >= 11 is 0. The second-order valence-corrected chi connectivity index (χ2v) is 4.90. The average Bonchev–Trinajstić information content (AvgIpc) is 2.61. The van der Waals surface area contributed by atoms with E-state index in [4.69, 9.17) is 5.11 Å². The molecular weight excluding hydrogens is 208 g/mol. The molecule has 1 aliphatic rings. The number of carboxylic acid groups (broad SMARTS) is 1. The summed E-state index contributed by atoms with van der Waals surface area (Å²) in [5.41, 5.74) is -1.15. The van der Waals surface area contributed by atoms with Gasteiger partial charge in [0.1, 0.15) is 5.54 Å². The fraction of sp³-hybridized carbons (Fsp3) is 0.818. The monoisotopic (exact) mass is 228 g/mol. The van der Waals surface area contributed by atoms with Crippen LogP contribution in [-0.2, 0) is 9.59 Å². The number of nitrogens with one attached hydrogen (secondary N) is 1. The van der Waals surface area contributed by atoms with E-state index in [2.05, 4.69) is 5.32 Å². The molecule has 92 valence electrons. The number of hydrogen-bond donors (Lipinski definition) is 2. The van der Waals surface area contributed by atoms with E-state index < -0.39 is 11.5 Å². The molecule has 0 saturated carbocycles. The van der Waals surface area contributed by atoms with Crippen LogP contribution in [0.25, 0.3) is 0 Å². The van der Waals surface area contributed by atoms with Gasteiger partial charge < -0.3 is 15.3 Å². The number of likely N-dealkylation sites (N-methyl/N-ethyl adjacent to an activating group) is 1. The standard InChI is InChI=1S/C11H20N2O3/c1-7-8(5-6-12-7)9(14)13(4)11(2,3)10(15)16/h7-8,12H,5-6H2,1-4H3,(H,15,16). The van der Waals surface area contributed by atoms with E-state index in [1.54, 1.807) is 20.9 Å². The van der Waals surface area contributed by atoms with E-state index in [-0.39, 0.29) is 17.9 Å². The number of aliphatic carboxylic acids is 1. The maximum absolute atomic E-state index is 12.1. The van der Waals surface area contributed by atoms with E-state index in [1.807, 2.05) is 6.92 Å². The van der Waals surface area contributed by atoms with Gasteiger partial charge >= 0.3 is 5.97 Å². The van der Waals surface area contributed by atoms with Crippen molar-refractivity contribution in [3.63, 3.8) is 0 Å². The first-order valence-electron chi connectivity index (χ1n) is 5.53. The van der Waals surface area contributed by atoms with Gasteiger partial charge in [-0.25, -0.2) is 4.79 Å². The number of nitrogens with zero attached hydrogens (tertiary/aromatic N) is 1. The zero-order valence-electron chi connectivity index (χ0n) is 10.3. The predicted molar refractivity (Wildman–Crippen MR) is 60.1 cm³/mol. The van der Waals surface area contributed by atoms with Crippen molar-refractivity contribution in [3.8, 4) is 0 Å². The minimum atomic E-state index is -1.15. The normalized spacial score (nSPS) is 25.5. The van der Waals surface area contributed by atoms with Crippen LogP contribution in [0.1, 0.15) is 27.2 Å².